The molecule has 94 valence electrons. The summed E-state index contributed by atoms with van der Waals surface area (Å²) in [5.74, 6) is -0.935. The number of halogens is 2. The van der Waals surface area contributed by atoms with E-state index in [0.717, 1.165) is 43.9 Å². The van der Waals surface area contributed by atoms with Gasteiger partial charge < -0.3 is 5.32 Å². The zero-order valence-corrected chi connectivity index (χ0v) is 10.4. The first kappa shape index (κ1) is 12.3. The SMILES string of the molecule is CCCC1(CCC)CNc2c(F)cc(F)cc21. The van der Waals surface area contributed by atoms with Crippen LogP contribution in [0.3, 0.4) is 0 Å². The van der Waals surface area contributed by atoms with Gasteiger partial charge >= 0.3 is 0 Å². The van der Waals surface area contributed by atoms with E-state index < -0.39 is 11.6 Å². The lowest BCUT2D eigenvalue weighted by Gasteiger charge is -2.28. The molecule has 2 rings (SSSR count). The Kier molecular flexibility index (Phi) is 3.36. The summed E-state index contributed by atoms with van der Waals surface area (Å²) in [6.45, 7) is 4.96. The molecule has 17 heavy (non-hydrogen) atoms. The quantitative estimate of drug-likeness (QED) is 0.829. The van der Waals surface area contributed by atoms with Crippen molar-refractivity contribution in [2.24, 2.45) is 0 Å². The maximum Gasteiger partial charge on any atom is 0.149 e. The second-order valence-electron chi connectivity index (χ2n) is 4.94. The van der Waals surface area contributed by atoms with Crippen molar-refractivity contribution >= 4 is 5.69 Å². The molecule has 1 aliphatic heterocycles. The molecule has 0 saturated carbocycles. The standard InChI is InChI=1S/C14H19F2N/c1-3-5-14(6-4-2)9-17-13-11(14)7-10(15)8-12(13)16/h7-8,17H,3-6,9H2,1-2H3. The van der Waals surface area contributed by atoms with Crippen LogP contribution in [0.1, 0.15) is 45.1 Å². The average molecular weight is 239 g/mol. The molecule has 1 aromatic rings. The highest BCUT2D eigenvalue weighted by atomic mass is 19.1. The minimum absolute atomic E-state index is 0.0816. The maximum atomic E-state index is 13.7. The third-order valence-corrected chi connectivity index (χ3v) is 3.69. The second kappa shape index (κ2) is 4.63. The summed E-state index contributed by atoms with van der Waals surface area (Å²) < 4.78 is 27.1. The minimum atomic E-state index is -0.471. The van der Waals surface area contributed by atoms with Crippen molar-refractivity contribution < 1.29 is 8.78 Å². The average Bonchev–Trinajstić information content (AvgIpc) is 2.59. The Labute approximate surface area is 101 Å². The molecule has 0 radical (unpaired) electrons. The van der Waals surface area contributed by atoms with Crippen LogP contribution in [0, 0.1) is 11.6 Å². The van der Waals surface area contributed by atoms with Gasteiger partial charge in [0.15, 0.2) is 0 Å². The van der Waals surface area contributed by atoms with Gasteiger partial charge in [-0.2, -0.15) is 0 Å². The van der Waals surface area contributed by atoms with Crippen molar-refractivity contribution in [2.75, 3.05) is 11.9 Å². The number of rotatable bonds is 4. The summed E-state index contributed by atoms with van der Waals surface area (Å²) in [4.78, 5) is 0. The number of hydrogen-bond donors (Lipinski definition) is 1. The molecule has 0 fully saturated rings. The fourth-order valence-corrected chi connectivity index (χ4v) is 3.05. The van der Waals surface area contributed by atoms with E-state index in [4.69, 9.17) is 0 Å². The zero-order valence-electron chi connectivity index (χ0n) is 10.4. The highest BCUT2D eigenvalue weighted by molar-refractivity contribution is 5.61. The monoisotopic (exact) mass is 239 g/mol. The first-order chi connectivity index (χ1) is 8.13. The van der Waals surface area contributed by atoms with Crippen LogP contribution in [0.15, 0.2) is 12.1 Å². The maximum absolute atomic E-state index is 13.7. The van der Waals surface area contributed by atoms with Crippen LogP contribution >= 0.6 is 0 Å². The van der Waals surface area contributed by atoms with E-state index in [0.29, 0.717) is 5.69 Å². The van der Waals surface area contributed by atoms with Crippen LogP contribution in [0.5, 0.6) is 0 Å². The summed E-state index contributed by atoms with van der Waals surface area (Å²) >= 11 is 0. The highest BCUT2D eigenvalue weighted by Crippen LogP contribution is 2.44. The molecule has 1 aliphatic rings. The van der Waals surface area contributed by atoms with E-state index >= 15 is 0 Å². The Morgan fingerprint density at radius 1 is 1.18 bits per heavy atom. The van der Waals surface area contributed by atoms with Gasteiger partial charge in [0.05, 0.1) is 5.69 Å². The summed E-state index contributed by atoms with van der Waals surface area (Å²) in [7, 11) is 0. The number of hydrogen-bond acceptors (Lipinski definition) is 1. The molecular weight excluding hydrogens is 220 g/mol. The van der Waals surface area contributed by atoms with E-state index in [1.807, 2.05) is 0 Å². The predicted molar refractivity (Wildman–Crippen MR) is 66.3 cm³/mol. The van der Waals surface area contributed by atoms with Crippen molar-refractivity contribution in [1.29, 1.82) is 0 Å². The molecule has 1 heterocycles. The summed E-state index contributed by atoms with van der Waals surface area (Å²) in [6.07, 6.45) is 4.01. The molecule has 0 atom stereocenters. The van der Waals surface area contributed by atoms with Crippen LogP contribution in [-0.4, -0.2) is 6.54 Å². The van der Waals surface area contributed by atoms with Gasteiger partial charge in [-0.25, -0.2) is 8.78 Å². The van der Waals surface area contributed by atoms with Gasteiger partial charge in [0.2, 0.25) is 0 Å². The van der Waals surface area contributed by atoms with Gasteiger partial charge in [-0.1, -0.05) is 26.7 Å². The molecule has 1 N–H and O–H groups in total. The zero-order chi connectivity index (χ0) is 12.5. The predicted octanol–water partition coefficient (Wildman–Crippen LogP) is 4.23. The van der Waals surface area contributed by atoms with Crippen molar-refractivity contribution in [1.82, 2.24) is 0 Å². The molecule has 0 amide bonds. The fraction of sp³-hybridized carbons (Fsp3) is 0.571. The van der Waals surface area contributed by atoms with E-state index in [9.17, 15) is 8.78 Å². The van der Waals surface area contributed by atoms with E-state index in [2.05, 4.69) is 19.2 Å². The Bertz CT molecular complexity index is 409. The first-order valence-electron chi connectivity index (χ1n) is 6.36. The number of benzene rings is 1. The van der Waals surface area contributed by atoms with Crippen LogP contribution in [0.25, 0.3) is 0 Å². The number of nitrogens with one attached hydrogen (secondary N) is 1. The smallest absolute Gasteiger partial charge is 0.149 e. The second-order valence-corrected chi connectivity index (χ2v) is 4.94. The van der Waals surface area contributed by atoms with Crippen molar-refractivity contribution in [3.8, 4) is 0 Å². The summed E-state index contributed by atoms with van der Waals surface area (Å²) in [5, 5.41) is 3.11. The van der Waals surface area contributed by atoms with Crippen LogP contribution in [0.2, 0.25) is 0 Å². The van der Waals surface area contributed by atoms with Gasteiger partial charge in [0, 0.05) is 18.0 Å². The number of fused-ring (bicyclic) bond motifs is 1. The van der Waals surface area contributed by atoms with Crippen molar-refractivity contribution in [3.05, 3.63) is 29.3 Å². The third-order valence-electron chi connectivity index (χ3n) is 3.69. The van der Waals surface area contributed by atoms with Crippen LogP contribution in [0.4, 0.5) is 14.5 Å². The van der Waals surface area contributed by atoms with Gasteiger partial charge in [0.25, 0.3) is 0 Å². The van der Waals surface area contributed by atoms with Crippen LogP contribution in [-0.2, 0) is 5.41 Å². The molecule has 0 spiro atoms. The van der Waals surface area contributed by atoms with Crippen LogP contribution < -0.4 is 5.32 Å². The topological polar surface area (TPSA) is 12.0 Å². The minimum Gasteiger partial charge on any atom is -0.382 e. The lowest BCUT2D eigenvalue weighted by Crippen LogP contribution is -2.28. The molecule has 0 aromatic heterocycles. The molecule has 3 heteroatoms. The van der Waals surface area contributed by atoms with E-state index in [1.54, 1.807) is 0 Å². The van der Waals surface area contributed by atoms with E-state index in [-0.39, 0.29) is 5.41 Å². The third kappa shape index (κ3) is 2.03. The molecule has 0 bridgehead atoms. The first-order valence-corrected chi connectivity index (χ1v) is 6.36. The Morgan fingerprint density at radius 3 is 2.41 bits per heavy atom. The van der Waals surface area contributed by atoms with Crippen molar-refractivity contribution in [3.63, 3.8) is 0 Å². The lowest BCUT2D eigenvalue weighted by molar-refractivity contribution is 0.389. The molecule has 0 unspecified atom stereocenters. The molecule has 0 saturated heterocycles. The van der Waals surface area contributed by atoms with Gasteiger partial charge in [0.1, 0.15) is 11.6 Å². The normalized spacial score (nSPS) is 16.7. The summed E-state index contributed by atoms with van der Waals surface area (Å²) in [5.41, 5.74) is 1.26. The Balaban J connectivity index is 2.48. The molecular formula is C14H19F2N. The number of anilines is 1. The van der Waals surface area contributed by atoms with Gasteiger partial charge in [-0.05, 0) is 24.5 Å². The van der Waals surface area contributed by atoms with E-state index in [1.165, 1.54) is 6.07 Å². The highest BCUT2D eigenvalue weighted by Gasteiger charge is 2.39. The summed E-state index contributed by atoms with van der Waals surface area (Å²) in [6, 6.07) is 2.46. The molecule has 1 aromatic carbocycles. The Morgan fingerprint density at radius 2 is 1.82 bits per heavy atom. The largest absolute Gasteiger partial charge is 0.382 e. The molecule has 0 aliphatic carbocycles. The fourth-order valence-electron chi connectivity index (χ4n) is 3.05. The van der Waals surface area contributed by atoms with Crippen molar-refractivity contribution in [2.45, 2.75) is 44.9 Å². The lowest BCUT2D eigenvalue weighted by atomic mass is 9.75. The van der Waals surface area contributed by atoms with Gasteiger partial charge in [-0.15, -0.1) is 0 Å². The Hall–Kier alpha value is -1.12. The van der Waals surface area contributed by atoms with Gasteiger partial charge in [-0.3, -0.25) is 0 Å². The molecule has 1 nitrogen and oxygen atoms in total.